The third-order valence-electron chi connectivity index (χ3n) is 4.00. The first-order valence-electron chi connectivity index (χ1n) is 8.05. The molecule has 1 heterocycles. The van der Waals surface area contributed by atoms with Crippen LogP contribution in [0, 0.1) is 12.7 Å². The molecule has 0 atom stereocenters. The minimum Gasteiger partial charge on any atom is -0.324 e. The lowest BCUT2D eigenvalue weighted by Crippen LogP contribution is -2.00. The van der Waals surface area contributed by atoms with Crippen molar-refractivity contribution >= 4 is 22.5 Å². The van der Waals surface area contributed by atoms with E-state index < -0.39 is 0 Å². The van der Waals surface area contributed by atoms with E-state index >= 15 is 0 Å². The van der Waals surface area contributed by atoms with Gasteiger partial charge in [0, 0.05) is 16.6 Å². The lowest BCUT2D eigenvalue weighted by atomic mass is 10.0. The maximum Gasteiger partial charge on any atom is 0.228 e. The van der Waals surface area contributed by atoms with Crippen LogP contribution in [0.1, 0.15) is 5.56 Å². The maximum absolute atomic E-state index is 13.1. The monoisotopic (exact) mass is 329 g/mol. The molecule has 0 aliphatic rings. The molecular formula is C21H16FN3. The second kappa shape index (κ2) is 6.32. The molecule has 0 unspecified atom stereocenters. The molecule has 25 heavy (non-hydrogen) atoms. The Hall–Kier alpha value is -3.27. The first kappa shape index (κ1) is 15.3. The Labute approximate surface area is 145 Å². The Balaban J connectivity index is 1.86. The van der Waals surface area contributed by atoms with Crippen LogP contribution in [-0.2, 0) is 0 Å². The molecule has 0 aliphatic heterocycles. The summed E-state index contributed by atoms with van der Waals surface area (Å²) in [5.74, 6) is 0.215. The molecule has 0 spiro atoms. The van der Waals surface area contributed by atoms with Gasteiger partial charge in [0.2, 0.25) is 5.95 Å². The van der Waals surface area contributed by atoms with Gasteiger partial charge < -0.3 is 5.32 Å². The molecule has 0 bridgehead atoms. The van der Waals surface area contributed by atoms with E-state index in [4.69, 9.17) is 4.98 Å². The zero-order valence-corrected chi connectivity index (χ0v) is 13.7. The summed E-state index contributed by atoms with van der Waals surface area (Å²) in [5.41, 5.74) is 4.67. The third kappa shape index (κ3) is 3.19. The highest BCUT2D eigenvalue weighted by molar-refractivity contribution is 5.93. The number of benzene rings is 3. The molecule has 122 valence electrons. The molecule has 0 aliphatic carbocycles. The Morgan fingerprint density at radius 1 is 0.840 bits per heavy atom. The molecule has 0 saturated carbocycles. The Kier molecular flexibility index (Phi) is 3.86. The maximum atomic E-state index is 13.1. The van der Waals surface area contributed by atoms with Crippen LogP contribution in [0.4, 0.5) is 16.0 Å². The van der Waals surface area contributed by atoms with E-state index in [1.165, 1.54) is 12.1 Å². The molecule has 4 aromatic rings. The summed E-state index contributed by atoms with van der Waals surface area (Å²) in [6, 6.07) is 22.3. The molecule has 1 aromatic heterocycles. The smallest absolute Gasteiger partial charge is 0.228 e. The molecular weight excluding hydrogens is 313 g/mol. The molecule has 0 amide bonds. The Morgan fingerprint density at radius 3 is 2.36 bits per heavy atom. The van der Waals surface area contributed by atoms with E-state index in [1.807, 2.05) is 42.5 Å². The number of nitrogens with one attached hydrogen (secondary N) is 1. The quantitative estimate of drug-likeness (QED) is 0.540. The van der Waals surface area contributed by atoms with Crippen LogP contribution in [0.3, 0.4) is 0 Å². The fraction of sp³-hybridized carbons (Fsp3) is 0.0476. The van der Waals surface area contributed by atoms with E-state index in [2.05, 4.69) is 23.3 Å². The summed E-state index contributed by atoms with van der Waals surface area (Å²) in [4.78, 5) is 9.32. The molecule has 0 radical (unpaired) electrons. The molecule has 3 nitrogen and oxygen atoms in total. The van der Waals surface area contributed by atoms with Crippen LogP contribution in [0.25, 0.3) is 22.2 Å². The van der Waals surface area contributed by atoms with Crippen LogP contribution >= 0.6 is 0 Å². The molecule has 0 saturated heterocycles. The van der Waals surface area contributed by atoms with Gasteiger partial charge in [-0.3, -0.25) is 0 Å². The van der Waals surface area contributed by atoms with Gasteiger partial charge in [-0.25, -0.2) is 14.4 Å². The summed E-state index contributed by atoms with van der Waals surface area (Å²) in [6.45, 7) is 2.05. The summed E-state index contributed by atoms with van der Waals surface area (Å²) >= 11 is 0. The normalized spacial score (nSPS) is 10.8. The zero-order valence-electron chi connectivity index (χ0n) is 13.7. The average Bonchev–Trinajstić information content (AvgIpc) is 2.64. The molecule has 4 rings (SSSR count). The summed E-state index contributed by atoms with van der Waals surface area (Å²) in [5, 5.41) is 4.17. The van der Waals surface area contributed by atoms with Gasteiger partial charge >= 0.3 is 0 Å². The van der Waals surface area contributed by atoms with Crippen molar-refractivity contribution in [2.24, 2.45) is 0 Å². The van der Waals surface area contributed by atoms with Crippen molar-refractivity contribution < 1.29 is 4.39 Å². The van der Waals surface area contributed by atoms with E-state index in [0.717, 1.165) is 33.4 Å². The van der Waals surface area contributed by atoms with Crippen molar-refractivity contribution in [3.05, 3.63) is 84.2 Å². The van der Waals surface area contributed by atoms with E-state index in [1.54, 1.807) is 12.1 Å². The average molecular weight is 329 g/mol. The zero-order chi connectivity index (χ0) is 17.2. The lowest BCUT2D eigenvalue weighted by Gasteiger charge is -2.11. The number of hydrogen-bond donors (Lipinski definition) is 1. The summed E-state index contributed by atoms with van der Waals surface area (Å²) in [7, 11) is 0. The number of aromatic nitrogens is 2. The number of nitrogens with zero attached hydrogens (tertiary/aromatic N) is 2. The van der Waals surface area contributed by atoms with Crippen LogP contribution in [0.15, 0.2) is 72.8 Å². The predicted octanol–water partition coefficient (Wildman–Crippen LogP) is 5.49. The number of hydrogen-bond acceptors (Lipinski definition) is 3. The van der Waals surface area contributed by atoms with Gasteiger partial charge in [0.15, 0.2) is 0 Å². The fourth-order valence-electron chi connectivity index (χ4n) is 2.78. The molecule has 4 heteroatoms. The minimum absolute atomic E-state index is 0.273. The van der Waals surface area contributed by atoms with Gasteiger partial charge in [0.1, 0.15) is 5.82 Å². The first-order chi connectivity index (χ1) is 12.2. The van der Waals surface area contributed by atoms with E-state index in [0.29, 0.717) is 5.95 Å². The van der Waals surface area contributed by atoms with Crippen LogP contribution < -0.4 is 5.32 Å². The van der Waals surface area contributed by atoms with Crippen LogP contribution in [0.2, 0.25) is 0 Å². The van der Waals surface area contributed by atoms with Crippen molar-refractivity contribution in [2.75, 3.05) is 5.32 Å². The fourth-order valence-corrected chi connectivity index (χ4v) is 2.78. The highest BCUT2D eigenvalue weighted by Gasteiger charge is 2.10. The van der Waals surface area contributed by atoms with Crippen LogP contribution in [-0.4, -0.2) is 9.97 Å². The second-order valence-corrected chi connectivity index (χ2v) is 5.91. The number of rotatable bonds is 3. The van der Waals surface area contributed by atoms with Gasteiger partial charge in [-0.2, -0.15) is 0 Å². The van der Waals surface area contributed by atoms with Gasteiger partial charge in [0.05, 0.1) is 11.2 Å². The van der Waals surface area contributed by atoms with E-state index in [9.17, 15) is 4.39 Å². The second-order valence-electron chi connectivity index (χ2n) is 5.91. The topological polar surface area (TPSA) is 37.8 Å². The highest BCUT2D eigenvalue weighted by atomic mass is 19.1. The molecule has 3 aromatic carbocycles. The number of aryl methyl sites for hydroxylation is 1. The summed E-state index contributed by atoms with van der Waals surface area (Å²) in [6.07, 6.45) is 0. The molecule has 0 fully saturated rings. The van der Waals surface area contributed by atoms with E-state index in [-0.39, 0.29) is 5.82 Å². The third-order valence-corrected chi connectivity index (χ3v) is 4.00. The first-order valence-corrected chi connectivity index (χ1v) is 8.05. The van der Waals surface area contributed by atoms with Gasteiger partial charge in [-0.1, -0.05) is 42.0 Å². The van der Waals surface area contributed by atoms with Gasteiger partial charge in [0.25, 0.3) is 0 Å². The van der Waals surface area contributed by atoms with Crippen molar-refractivity contribution in [3.63, 3.8) is 0 Å². The summed E-state index contributed by atoms with van der Waals surface area (Å²) < 4.78 is 13.1. The van der Waals surface area contributed by atoms with Crippen molar-refractivity contribution in [2.45, 2.75) is 6.92 Å². The largest absolute Gasteiger partial charge is 0.324 e. The van der Waals surface area contributed by atoms with Gasteiger partial charge in [-0.15, -0.1) is 0 Å². The van der Waals surface area contributed by atoms with Crippen LogP contribution in [0.5, 0.6) is 0 Å². The highest BCUT2D eigenvalue weighted by Crippen LogP contribution is 2.28. The Morgan fingerprint density at radius 2 is 1.60 bits per heavy atom. The number of fused-ring (bicyclic) bond motifs is 1. The standard InChI is InChI=1S/C21H16FN3/c1-14-7-12-19-18(13-14)20(15-5-3-2-4-6-15)25-21(24-19)23-17-10-8-16(22)9-11-17/h2-13H,1H3,(H,23,24,25). The number of anilines is 2. The van der Waals surface area contributed by atoms with Crippen molar-refractivity contribution in [1.29, 1.82) is 0 Å². The predicted molar refractivity (Wildman–Crippen MR) is 99.4 cm³/mol. The van der Waals surface area contributed by atoms with Crippen molar-refractivity contribution in [3.8, 4) is 11.3 Å². The SMILES string of the molecule is Cc1ccc2nc(Nc3ccc(F)cc3)nc(-c3ccccc3)c2c1. The minimum atomic E-state index is -0.273. The number of halogens is 1. The Bertz CT molecular complexity index is 1030. The van der Waals surface area contributed by atoms with Gasteiger partial charge in [-0.05, 0) is 43.3 Å². The lowest BCUT2D eigenvalue weighted by molar-refractivity contribution is 0.628. The van der Waals surface area contributed by atoms with Crippen molar-refractivity contribution in [1.82, 2.24) is 9.97 Å². The molecule has 1 N–H and O–H groups in total.